The van der Waals surface area contributed by atoms with Gasteiger partial charge in [-0.3, -0.25) is 14.8 Å². The van der Waals surface area contributed by atoms with Gasteiger partial charge >= 0.3 is 0 Å². The number of allylic oxidation sites excluding steroid dienone is 1. The molecule has 0 amide bonds. The summed E-state index contributed by atoms with van der Waals surface area (Å²) in [4.78, 5) is 23.3. The zero-order valence-corrected chi connectivity index (χ0v) is 15.4. The van der Waals surface area contributed by atoms with E-state index < -0.39 is 0 Å². The highest BCUT2D eigenvalue weighted by Gasteiger charge is 2.33. The number of fused-ring (bicyclic) bond motifs is 3. The smallest absolute Gasteiger partial charge is 0.191 e. The maximum atomic E-state index is 12.7. The van der Waals surface area contributed by atoms with Crippen LogP contribution in [-0.2, 0) is 0 Å². The van der Waals surface area contributed by atoms with E-state index in [-0.39, 0.29) is 5.78 Å². The average molecular weight is 364 g/mol. The topological polar surface area (TPSA) is 76.1 Å². The zero-order chi connectivity index (χ0) is 19.0. The first kappa shape index (κ1) is 17.1. The lowest BCUT2D eigenvalue weighted by atomic mass is 10.0. The van der Waals surface area contributed by atoms with Gasteiger partial charge in [0.1, 0.15) is 23.2 Å². The van der Waals surface area contributed by atoms with Gasteiger partial charge in [0.05, 0.1) is 26.5 Å². The van der Waals surface area contributed by atoms with E-state index in [0.29, 0.717) is 30.2 Å². The first-order valence-corrected chi connectivity index (χ1v) is 8.65. The SMILES string of the molecule is COc1cc2c(c(OC)c1C)N/C(=C\C(=O)c1cccnc1)N1CCN=C21. The molecular weight excluding hydrogens is 344 g/mol. The molecular formula is C20H20N4O3. The van der Waals surface area contributed by atoms with E-state index in [1.165, 1.54) is 0 Å². The molecule has 0 saturated heterocycles. The first-order chi connectivity index (χ1) is 13.1. The van der Waals surface area contributed by atoms with Crippen molar-refractivity contribution >= 4 is 17.3 Å². The fourth-order valence-electron chi connectivity index (χ4n) is 3.44. The van der Waals surface area contributed by atoms with Crippen LogP contribution in [0.25, 0.3) is 0 Å². The monoisotopic (exact) mass is 364 g/mol. The number of amidine groups is 1. The quantitative estimate of drug-likeness (QED) is 0.664. The summed E-state index contributed by atoms with van der Waals surface area (Å²) < 4.78 is 11.1. The number of methoxy groups -OCH3 is 2. The molecule has 7 heteroatoms. The molecule has 2 aromatic rings. The van der Waals surface area contributed by atoms with Gasteiger partial charge in [-0.05, 0) is 25.1 Å². The van der Waals surface area contributed by atoms with Crippen LogP contribution in [-0.4, -0.2) is 48.8 Å². The Hall–Kier alpha value is -3.35. The number of nitrogens with zero attached hydrogens (tertiary/aromatic N) is 3. The van der Waals surface area contributed by atoms with Crippen molar-refractivity contribution < 1.29 is 14.3 Å². The van der Waals surface area contributed by atoms with Crippen molar-refractivity contribution in [2.45, 2.75) is 6.92 Å². The predicted octanol–water partition coefficient (Wildman–Crippen LogP) is 2.62. The molecule has 2 aliphatic heterocycles. The second kappa shape index (κ2) is 6.75. The van der Waals surface area contributed by atoms with Crippen molar-refractivity contribution in [3.8, 4) is 11.5 Å². The van der Waals surface area contributed by atoms with E-state index >= 15 is 0 Å². The van der Waals surface area contributed by atoms with Crippen LogP contribution in [0.15, 0.2) is 47.5 Å². The van der Waals surface area contributed by atoms with Gasteiger partial charge in [0, 0.05) is 41.7 Å². The Kier molecular flexibility index (Phi) is 4.27. The molecule has 7 nitrogen and oxygen atoms in total. The number of aromatic nitrogens is 1. The number of anilines is 1. The predicted molar refractivity (Wildman–Crippen MR) is 103 cm³/mol. The maximum Gasteiger partial charge on any atom is 0.191 e. The van der Waals surface area contributed by atoms with Crippen molar-refractivity contribution in [2.24, 2.45) is 4.99 Å². The van der Waals surface area contributed by atoms with E-state index in [9.17, 15) is 4.79 Å². The minimum atomic E-state index is -0.121. The summed E-state index contributed by atoms with van der Waals surface area (Å²) in [5.74, 6) is 2.78. The van der Waals surface area contributed by atoms with E-state index in [2.05, 4.69) is 15.3 Å². The molecule has 0 fully saturated rings. The Morgan fingerprint density at radius 3 is 2.89 bits per heavy atom. The van der Waals surface area contributed by atoms with Crippen molar-refractivity contribution in [3.05, 3.63) is 59.2 Å². The Morgan fingerprint density at radius 1 is 1.33 bits per heavy atom. The van der Waals surface area contributed by atoms with Gasteiger partial charge in [-0.25, -0.2) is 0 Å². The number of ether oxygens (including phenoxy) is 2. The highest BCUT2D eigenvalue weighted by atomic mass is 16.5. The molecule has 0 atom stereocenters. The first-order valence-electron chi connectivity index (χ1n) is 8.65. The summed E-state index contributed by atoms with van der Waals surface area (Å²) >= 11 is 0. The number of carbonyl (C=O) groups is 1. The highest BCUT2D eigenvalue weighted by molar-refractivity contribution is 6.11. The van der Waals surface area contributed by atoms with Gasteiger partial charge in [0.15, 0.2) is 5.78 Å². The Morgan fingerprint density at radius 2 is 2.19 bits per heavy atom. The summed E-state index contributed by atoms with van der Waals surface area (Å²) in [5, 5.41) is 3.37. The second-order valence-electron chi connectivity index (χ2n) is 6.28. The number of carbonyl (C=O) groups excluding carboxylic acids is 1. The van der Waals surface area contributed by atoms with Crippen LogP contribution in [0.4, 0.5) is 5.69 Å². The number of aliphatic imine (C=N–C) groups is 1. The molecule has 2 aliphatic rings. The van der Waals surface area contributed by atoms with Crippen molar-refractivity contribution in [1.29, 1.82) is 0 Å². The molecule has 0 saturated carbocycles. The highest BCUT2D eigenvalue weighted by Crippen LogP contribution is 2.43. The van der Waals surface area contributed by atoms with Gasteiger partial charge in [-0.1, -0.05) is 0 Å². The molecule has 0 spiro atoms. The third kappa shape index (κ3) is 2.81. The van der Waals surface area contributed by atoms with E-state index in [0.717, 1.165) is 28.4 Å². The molecule has 1 N–H and O–H groups in total. The Bertz CT molecular complexity index is 967. The number of pyridine rings is 1. The third-order valence-electron chi connectivity index (χ3n) is 4.75. The van der Waals surface area contributed by atoms with Crippen LogP contribution < -0.4 is 14.8 Å². The zero-order valence-electron chi connectivity index (χ0n) is 15.4. The lowest BCUT2D eigenvalue weighted by Gasteiger charge is -2.33. The lowest BCUT2D eigenvalue weighted by molar-refractivity contribution is 0.104. The molecule has 0 unspecified atom stereocenters. The van der Waals surface area contributed by atoms with Gasteiger partial charge in [0.2, 0.25) is 0 Å². The number of nitrogens with one attached hydrogen (secondary N) is 1. The summed E-state index contributed by atoms with van der Waals surface area (Å²) in [6.07, 6.45) is 4.79. The number of hydrogen-bond donors (Lipinski definition) is 1. The average Bonchev–Trinajstić information content (AvgIpc) is 3.19. The molecule has 0 aliphatic carbocycles. The molecule has 4 rings (SSSR count). The van der Waals surface area contributed by atoms with Crippen molar-refractivity contribution in [1.82, 2.24) is 9.88 Å². The van der Waals surface area contributed by atoms with E-state index in [4.69, 9.17) is 9.47 Å². The summed E-state index contributed by atoms with van der Waals surface area (Å²) in [6, 6.07) is 5.45. The Labute approximate surface area is 157 Å². The molecule has 1 aromatic carbocycles. The molecule has 0 radical (unpaired) electrons. The largest absolute Gasteiger partial charge is 0.496 e. The van der Waals surface area contributed by atoms with Crippen LogP contribution >= 0.6 is 0 Å². The number of rotatable bonds is 4. The molecule has 1 aromatic heterocycles. The van der Waals surface area contributed by atoms with E-state index in [1.54, 1.807) is 44.8 Å². The third-order valence-corrected chi connectivity index (χ3v) is 4.75. The van der Waals surface area contributed by atoms with Gasteiger partial charge in [-0.15, -0.1) is 0 Å². The van der Waals surface area contributed by atoms with Crippen LogP contribution in [0, 0.1) is 6.92 Å². The van der Waals surface area contributed by atoms with Gasteiger partial charge in [0.25, 0.3) is 0 Å². The second-order valence-corrected chi connectivity index (χ2v) is 6.28. The van der Waals surface area contributed by atoms with Crippen LogP contribution in [0.5, 0.6) is 11.5 Å². The summed E-state index contributed by atoms with van der Waals surface area (Å²) in [6.45, 7) is 3.30. The molecule has 138 valence electrons. The van der Waals surface area contributed by atoms with Crippen LogP contribution in [0.1, 0.15) is 21.5 Å². The fraction of sp³-hybridized carbons (Fsp3) is 0.250. The standard InChI is InChI=1S/C20H20N4O3/c1-12-16(26-2)9-14-18(19(12)27-3)23-17(24-8-7-22-20(14)24)10-15(25)13-5-4-6-21-11-13/h4-6,9-11,23H,7-8H2,1-3H3/b17-10+. The number of benzene rings is 1. The summed E-state index contributed by atoms with van der Waals surface area (Å²) in [7, 11) is 3.26. The number of hydrogen-bond acceptors (Lipinski definition) is 7. The minimum absolute atomic E-state index is 0.121. The van der Waals surface area contributed by atoms with E-state index in [1.807, 2.05) is 17.9 Å². The summed E-state index contributed by atoms with van der Waals surface area (Å²) in [5.41, 5.74) is 3.11. The lowest BCUT2D eigenvalue weighted by Crippen LogP contribution is -2.37. The molecule has 3 heterocycles. The molecule has 27 heavy (non-hydrogen) atoms. The van der Waals surface area contributed by atoms with Crippen molar-refractivity contribution in [2.75, 3.05) is 32.6 Å². The van der Waals surface area contributed by atoms with Crippen molar-refractivity contribution in [3.63, 3.8) is 0 Å². The van der Waals surface area contributed by atoms with Crippen LogP contribution in [0.2, 0.25) is 0 Å². The van der Waals surface area contributed by atoms with Crippen LogP contribution in [0.3, 0.4) is 0 Å². The van der Waals surface area contributed by atoms with Gasteiger partial charge in [-0.2, -0.15) is 0 Å². The Balaban J connectivity index is 1.82. The normalized spacial score (nSPS) is 16.3. The minimum Gasteiger partial charge on any atom is -0.496 e. The maximum absolute atomic E-state index is 12.7. The fourth-order valence-corrected chi connectivity index (χ4v) is 3.44. The molecule has 0 bridgehead atoms. The van der Waals surface area contributed by atoms with Gasteiger partial charge < -0.3 is 19.7 Å². The number of ketones is 1.